The van der Waals surface area contributed by atoms with Gasteiger partial charge in [-0.1, -0.05) is 108 Å². The Morgan fingerprint density at radius 2 is 1.46 bits per heavy atom. The summed E-state index contributed by atoms with van der Waals surface area (Å²) < 4.78 is 0. The molecule has 3 heterocycles. The second-order valence-electron chi connectivity index (χ2n) is 18.0. The van der Waals surface area contributed by atoms with Crippen LogP contribution in [0.5, 0.6) is 0 Å². The molecule has 6 amide bonds. The number of likely N-dealkylation sites (N-methyl/N-ethyl adjacent to an activating group) is 1. The fourth-order valence-corrected chi connectivity index (χ4v) is 8.00. The highest BCUT2D eigenvalue weighted by Crippen LogP contribution is 2.30. The van der Waals surface area contributed by atoms with Crippen LogP contribution in [0.3, 0.4) is 0 Å². The number of nitrogens with one attached hydrogen (secondary N) is 2. The molecule has 0 unspecified atom stereocenters. The van der Waals surface area contributed by atoms with Crippen LogP contribution in [0.2, 0.25) is 0 Å². The molecule has 2 aromatic carbocycles. The van der Waals surface area contributed by atoms with Crippen LogP contribution in [-0.4, -0.2) is 109 Å². The zero-order valence-corrected chi connectivity index (χ0v) is 36.3. The summed E-state index contributed by atoms with van der Waals surface area (Å²) in [6.45, 7) is 12.3. The third-order valence-corrected chi connectivity index (χ3v) is 10.8. The predicted octanol–water partition coefficient (Wildman–Crippen LogP) is 5.86. The molecule has 2 aromatic heterocycles. The highest BCUT2D eigenvalue weighted by atomic mass is 16.4. The first-order valence-corrected chi connectivity index (χ1v) is 20.5. The van der Waals surface area contributed by atoms with E-state index in [4.69, 9.17) is 0 Å². The maximum atomic E-state index is 14.6. The molecule has 0 bridgehead atoms. The summed E-state index contributed by atoms with van der Waals surface area (Å²) >= 11 is 0. The summed E-state index contributed by atoms with van der Waals surface area (Å²) in [6, 6.07) is 23.6. The summed E-state index contributed by atoms with van der Waals surface area (Å²) in [7, 11) is 1.35. The van der Waals surface area contributed by atoms with Crippen molar-refractivity contribution in [2.75, 3.05) is 13.6 Å². The van der Waals surface area contributed by atoms with Crippen molar-refractivity contribution in [2.45, 2.75) is 105 Å². The Balaban J connectivity index is 1.44. The molecule has 4 aromatic rings. The summed E-state index contributed by atoms with van der Waals surface area (Å²) in [5.74, 6) is -1.53. The molecule has 1 aliphatic rings. The number of amides is 6. The normalized spacial score (nSPS) is 15.8. The third-order valence-electron chi connectivity index (χ3n) is 10.8. The number of benzene rings is 2. The van der Waals surface area contributed by atoms with Crippen molar-refractivity contribution in [3.8, 4) is 11.3 Å². The van der Waals surface area contributed by atoms with Crippen LogP contribution in [0.25, 0.3) is 11.3 Å². The first-order valence-electron chi connectivity index (χ1n) is 20.5. The van der Waals surface area contributed by atoms with Crippen molar-refractivity contribution in [1.82, 2.24) is 35.3 Å². The molecule has 0 radical (unpaired) electrons. The Bertz CT molecular complexity index is 2150. The van der Waals surface area contributed by atoms with E-state index in [1.54, 1.807) is 39.1 Å². The van der Waals surface area contributed by atoms with Crippen LogP contribution in [0.4, 0.5) is 9.59 Å². The van der Waals surface area contributed by atoms with Gasteiger partial charge in [-0.2, -0.15) is 0 Å². The van der Waals surface area contributed by atoms with E-state index in [0.717, 1.165) is 37.9 Å². The number of carbonyl (C=O) groups is 5. The molecule has 0 saturated carbocycles. The van der Waals surface area contributed by atoms with Crippen molar-refractivity contribution >= 4 is 29.8 Å². The van der Waals surface area contributed by atoms with Crippen LogP contribution in [-0.2, 0) is 33.8 Å². The Hall–Kier alpha value is -6.15. The Morgan fingerprint density at radius 1 is 0.803 bits per heavy atom. The molecule has 4 N–H and O–H groups in total. The van der Waals surface area contributed by atoms with Gasteiger partial charge in [0.15, 0.2) is 0 Å². The zero-order valence-electron chi connectivity index (χ0n) is 36.3. The maximum Gasteiger partial charge on any atom is 0.407 e. The number of carboxylic acid groups (broad SMARTS) is 1. The molecule has 14 nitrogen and oxygen atoms in total. The van der Waals surface area contributed by atoms with Crippen LogP contribution in [0.1, 0.15) is 70.5 Å². The topological polar surface area (TPSA) is 185 Å². The highest BCUT2D eigenvalue weighted by Gasteiger charge is 2.48. The quantitative estimate of drug-likeness (QED) is 0.100. The molecule has 1 saturated heterocycles. The largest absolute Gasteiger partial charge is 0.465 e. The van der Waals surface area contributed by atoms with Crippen molar-refractivity contribution < 1.29 is 34.2 Å². The first kappa shape index (κ1) is 45.9. The summed E-state index contributed by atoms with van der Waals surface area (Å²) in [6.07, 6.45) is -0.346. The van der Waals surface area contributed by atoms with Crippen LogP contribution < -0.4 is 10.6 Å². The average molecular weight is 834 g/mol. The molecule has 1 fully saturated rings. The van der Waals surface area contributed by atoms with E-state index in [9.17, 15) is 34.2 Å². The lowest BCUT2D eigenvalue weighted by atomic mass is 9.84. The number of imide groups is 1. The standard InChI is InChI=1S/C47H59N7O7/c1-30-15-14-18-34(49-30)28-53-39(56)29-54(44(53)59)41(47(5,6)7)43(58)51-37(26-31-16-10-9-11-17-31)38(55)27-35(50-42(57)40(46(2,3)4)52(8)45(60)61)25-32-20-22-33(23-21-32)36-19-12-13-24-48-36/h9-24,35,37-38,40-41,55H,25-29H2,1-8H3,(H,50,57)(H,51,58)(H,60,61)/t35-,37+,38+,40-,41-/m1/s1. The molecule has 5 atom stereocenters. The number of hydrogen-bond acceptors (Lipinski definition) is 8. The fourth-order valence-electron chi connectivity index (χ4n) is 8.00. The predicted molar refractivity (Wildman–Crippen MR) is 232 cm³/mol. The number of aliphatic hydroxyl groups is 1. The van der Waals surface area contributed by atoms with Gasteiger partial charge in [-0.3, -0.25) is 34.2 Å². The van der Waals surface area contributed by atoms with Gasteiger partial charge < -0.3 is 25.7 Å². The van der Waals surface area contributed by atoms with E-state index in [0.29, 0.717) is 5.69 Å². The lowest BCUT2D eigenvalue weighted by Gasteiger charge is -2.38. The number of carbonyl (C=O) groups excluding carboxylic acids is 4. The lowest BCUT2D eigenvalue weighted by molar-refractivity contribution is -0.132. The van der Waals surface area contributed by atoms with Crippen molar-refractivity contribution in [1.29, 1.82) is 0 Å². The molecular formula is C47H59N7O7. The van der Waals surface area contributed by atoms with E-state index in [1.807, 2.05) is 107 Å². The Labute approximate surface area is 358 Å². The van der Waals surface area contributed by atoms with Crippen molar-refractivity contribution in [3.63, 3.8) is 0 Å². The van der Waals surface area contributed by atoms with E-state index >= 15 is 0 Å². The van der Waals surface area contributed by atoms with Gasteiger partial charge in [0.2, 0.25) is 11.8 Å². The SMILES string of the molecule is Cc1cccc(CN2C(=O)CN([C@H](C(=O)N[C@@H](Cc3ccccc3)[C@@H](O)C[C@@H](Cc3ccc(-c4ccccn4)cc3)NC(=O)[C@@H](N(C)C(=O)O)C(C)(C)C)C(C)(C)C)C2=O)n1. The minimum absolute atomic E-state index is 0.0300. The summed E-state index contributed by atoms with van der Waals surface area (Å²) in [5, 5.41) is 28.2. The molecular weight excluding hydrogens is 775 g/mol. The number of aromatic nitrogens is 2. The number of hydrogen-bond donors (Lipinski definition) is 4. The smallest absolute Gasteiger partial charge is 0.407 e. The number of aryl methyl sites for hydroxylation is 1. The van der Waals surface area contributed by atoms with Gasteiger partial charge in [0.1, 0.15) is 18.6 Å². The molecule has 5 rings (SSSR count). The van der Waals surface area contributed by atoms with Crippen molar-refractivity contribution in [2.24, 2.45) is 10.8 Å². The lowest BCUT2D eigenvalue weighted by Crippen LogP contribution is -2.59. The van der Waals surface area contributed by atoms with Crippen LogP contribution >= 0.6 is 0 Å². The minimum atomic E-state index is -1.26. The van der Waals surface area contributed by atoms with Gasteiger partial charge in [0, 0.05) is 30.5 Å². The second kappa shape index (κ2) is 19.5. The molecule has 0 spiro atoms. The van der Waals surface area contributed by atoms with Gasteiger partial charge in [-0.25, -0.2) is 9.59 Å². The van der Waals surface area contributed by atoms with E-state index in [-0.39, 0.29) is 32.4 Å². The molecule has 14 heteroatoms. The Morgan fingerprint density at radius 3 is 2.05 bits per heavy atom. The molecule has 324 valence electrons. The first-order chi connectivity index (χ1) is 28.7. The zero-order chi connectivity index (χ0) is 44.6. The van der Waals surface area contributed by atoms with Gasteiger partial charge in [-0.15, -0.1) is 0 Å². The van der Waals surface area contributed by atoms with Gasteiger partial charge in [0.25, 0.3) is 5.91 Å². The van der Waals surface area contributed by atoms with Gasteiger partial charge in [-0.05, 0) is 72.4 Å². The van der Waals surface area contributed by atoms with Crippen LogP contribution in [0.15, 0.2) is 97.2 Å². The van der Waals surface area contributed by atoms with Crippen molar-refractivity contribution in [3.05, 3.63) is 120 Å². The van der Waals surface area contributed by atoms with Gasteiger partial charge >= 0.3 is 12.1 Å². The second-order valence-corrected chi connectivity index (χ2v) is 18.0. The number of pyridine rings is 2. The minimum Gasteiger partial charge on any atom is -0.465 e. The number of rotatable bonds is 16. The summed E-state index contributed by atoms with van der Waals surface area (Å²) in [4.78, 5) is 80.4. The van der Waals surface area contributed by atoms with Gasteiger partial charge in [0.05, 0.1) is 30.1 Å². The van der Waals surface area contributed by atoms with E-state index in [1.165, 1.54) is 11.9 Å². The highest BCUT2D eigenvalue weighted by molar-refractivity contribution is 6.04. The molecule has 0 aliphatic carbocycles. The average Bonchev–Trinajstić information content (AvgIpc) is 3.45. The monoisotopic (exact) mass is 833 g/mol. The van der Waals surface area contributed by atoms with Crippen LogP contribution in [0, 0.1) is 17.8 Å². The number of nitrogens with zero attached hydrogens (tertiary/aromatic N) is 5. The Kier molecular flexibility index (Phi) is 14.7. The molecule has 61 heavy (non-hydrogen) atoms. The number of aliphatic hydroxyl groups excluding tert-OH is 1. The van der Waals surface area contributed by atoms with E-state index in [2.05, 4.69) is 20.6 Å². The fraction of sp³-hybridized carbons (Fsp3) is 0.426. The number of urea groups is 1. The molecule has 1 aliphatic heterocycles. The maximum absolute atomic E-state index is 14.6. The third kappa shape index (κ3) is 12.0. The van der Waals surface area contributed by atoms with E-state index < -0.39 is 70.9 Å². The summed E-state index contributed by atoms with van der Waals surface area (Å²) in [5.41, 5.74) is 3.02.